The van der Waals surface area contributed by atoms with E-state index in [-0.39, 0.29) is 0 Å². The fourth-order valence-corrected chi connectivity index (χ4v) is 1.30. The van der Waals surface area contributed by atoms with Gasteiger partial charge < -0.3 is 10.6 Å². The molecule has 0 aliphatic rings. The molecule has 1 aromatic rings. The molecule has 0 atom stereocenters. The minimum Gasteiger partial charge on any atom is -0.359 e. The van der Waals surface area contributed by atoms with Crippen LogP contribution in [0, 0.1) is 18.4 Å². The summed E-state index contributed by atoms with van der Waals surface area (Å²) < 4.78 is 0. The maximum absolute atomic E-state index is 8.44. The molecule has 0 fully saturated rings. The van der Waals surface area contributed by atoms with Gasteiger partial charge >= 0.3 is 0 Å². The molecule has 0 bridgehead atoms. The summed E-state index contributed by atoms with van der Waals surface area (Å²) in [6.45, 7) is 4.06. The molecule has 0 saturated carbocycles. The van der Waals surface area contributed by atoms with E-state index in [9.17, 15) is 0 Å². The van der Waals surface area contributed by atoms with Crippen LogP contribution in [0.2, 0.25) is 0 Å². The van der Waals surface area contributed by atoms with Gasteiger partial charge in [-0.2, -0.15) is 5.26 Å². The number of rotatable bonds is 5. The van der Waals surface area contributed by atoms with Crippen LogP contribution in [-0.4, -0.2) is 31.1 Å². The van der Waals surface area contributed by atoms with Crippen molar-refractivity contribution in [2.24, 2.45) is 4.99 Å². The topological polar surface area (TPSA) is 85.1 Å². The molecular weight excluding hydrogens is 228 g/mol. The van der Waals surface area contributed by atoms with Crippen molar-refractivity contribution < 1.29 is 0 Å². The number of pyridine rings is 1. The van der Waals surface area contributed by atoms with Gasteiger partial charge in [0.15, 0.2) is 6.19 Å². The Labute approximate surface area is 107 Å². The van der Waals surface area contributed by atoms with Crippen molar-refractivity contribution in [3.63, 3.8) is 0 Å². The Bertz CT molecular complexity index is 417. The van der Waals surface area contributed by atoms with Crippen LogP contribution in [0.25, 0.3) is 0 Å². The van der Waals surface area contributed by atoms with Gasteiger partial charge in [-0.15, -0.1) is 0 Å². The number of aliphatic imine (C=N–C) groups is 1. The maximum Gasteiger partial charge on any atom is 0.204 e. The summed E-state index contributed by atoms with van der Waals surface area (Å²) in [6.07, 6.45) is 3.67. The predicted octanol–water partition coefficient (Wildman–Crippen LogP) is 0.126. The number of guanidine groups is 1. The van der Waals surface area contributed by atoms with Crippen molar-refractivity contribution in [1.82, 2.24) is 20.9 Å². The van der Waals surface area contributed by atoms with E-state index in [0.717, 1.165) is 24.3 Å². The zero-order chi connectivity index (χ0) is 13.2. The van der Waals surface area contributed by atoms with Gasteiger partial charge in [0.05, 0.1) is 12.2 Å². The van der Waals surface area contributed by atoms with Crippen LogP contribution in [0.3, 0.4) is 0 Å². The minimum absolute atomic E-state index is 0.479. The maximum atomic E-state index is 8.44. The third kappa shape index (κ3) is 5.27. The number of nitriles is 1. The highest BCUT2D eigenvalue weighted by Gasteiger charge is 1.94. The standard InChI is InChI=1S/C12H18N6/c1-10-3-4-11(17-7-10)8-15-5-6-16-12(14-2)18-9-13/h3-4,7,15H,5-6,8H2,1-2H3,(H2,14,16,18). The smallest absolute Gasteiger partial charge is 0.204 e. The van der Waals surface area contributed by atoms with Crippen molar-refractivity contribution in [2.75, 3.05) is 20.1 Å². The van der Waals surface area contributed by atoms with Crippen LogP contribution >= 0.6 is 0 Å². The Morgan fingerprint density at radius 3 is 2.94 bits per heavy atom. The summed E-state index contributed by atoms with van der Waals surface area (Å²) in [7, 11) is 1.72. The molecule has 0 radical (unpaired) electrons. The van der Waals surface area contributed by atoms with Crippen molar-refractivity contribution in [3.05, 3.63) is 29.6 Å². The second-order valence-corrected chi connectivity index (χ2v) is 3.72. The summed E-state index contributed by atoms with van der Waals surface area (Å²) in [5, 5.41) is 16.9. The Morgan fingerprint density at radius 2 is 2.33 bits per heavy atom. The summed E-state index contributed by atoms with van der Waals surface area (Å²) in [6, 6.07) is 4.04. The van der Waals surface area contributed by atoms with Crippen LogP contribution in [0.1, 0.15) is 11.3 Å². The van der Waals surface area contributed by atoms with Crippen molar-refractivity contribution in [2.45, 2.75) is 13.5 Å². The SMILES string of the molecule is CN/C(=N/CCNCc1ccc(C)cn1)NC#N. The van der Waals surface area contributed by atoms with Gasteiger partial charge in [0.1, 0.15) is 0 Å². The second kappa shape index (κ2) is 8.03. The van der Waals surface area contributed by atoms with Crippen molar-refractivity contribution >= 4 is 5.96 Å². The van der Waals surface area contributed by atoms with E-state index in [0.29, 0.717) is 12.5 Å². The monoisotopic (exact) mass is 246 g/mol. The molecule has 0 aromatic carbocycles. The van der Waals surface area contributed by atoms with Crippen molar-refractivity contribution in [1.29, 1.82) is 5.26 Å². The highest BCUT2D eigenvalue weighted by molar-refractivity contribution is 5.80. The first kappa shape index (κ1) is 13.9. The molecule has 0 unspecified atom stereocenters. The van der Waals surface area contributed by atoms with Crippen LogP contribution < -0.4 is 16.0 Å². The molecule has 1 aromatic heterocycles. The summed E-state index contributed by atoms with van der Waals surface area (Å²) in [5.41, 5.74) is 2.16. The molecule has 0 spiro atoms. The van der Waals surface area contributed by atoms with E-state index in [1.165, 1.54) is 0 Å². The van der Waals surface area contributed by atoms with Crippen LogP contribution in [0.5, 0.6) is 0 Å². The highest BCUT2D eigenvalue weighted by Crippen LogP contribution is 1.97. The summed E-state index contributed by atoms with van der Waals surface area (Å²) in [5.74, 6) is 0.479. The van der Waals surface area contributed by atoms with Gasteiger partial charge in [0.2, 0.25) is 5.96 Å². The third-order valence-electron chi connectivity index (χ3n) is 2.25. The lowest BCUT2D eigenvalue weighted by molar-refractivity contribution is 0.680. The number of nitrogens with one attached hydrogen (secondary N) is 3. The average Bonchev–Trinajstić information content (AvgIpc) is 2.39. The normalized spacial score (nSPS) is 10.8. The van der Waals surface area contributed by atoms with E-state index in [2.05, 4.69) is 25.9 Å². The van der Waals surface area contributed by atoms with Gasteiger partial charge in [-0.05, 0) is 18.6 Å². The fourth-order valence-electron chi connectivity index (χ4n) is 1.30. The molecule has 0 saturated heterocycles. The van der Waals surface area contributed by atoms with Gasteiger partial charge in [0.25, 0.3) is 0 Å². The highest BCUT2D eigenvalue weighted by atomic mass is 15.2. The molecule has 18 heavy (non-hydrogen) atoms. The Morgan fingerprint density at radius 1 is 1.50 bits per heavy atom. The van der Waals surface area contributed by atoms with Gasteiger partial charge in [-0.1, -0.05) is 6.07 Å². The molecule has 0 amide bonds. The minimum atomic E-state index is 0.479. The first-order valence-electron chi connectivity index (χ1n) is 5.76. The molecule has 0 aliphatic heterocycles. The first-order valence-corrected chi connectivity index (χ1v) is 5.76. The Hall–Kier alpha value is -2.13. The molecule has 0 aliphatic carbocycles. The second-order valence-electron chi connectivity index (χ2n) is 3.72. The van der Waals surface area contributed by atoms with Gasteiger partial charge in [-0.25, -0.2) is 0 Å². The van der Waals surface area contributed by atoms with Crippen LogP contribution in [-0.2, 0) is 6.54 Å². The zero-order valence-electron chi connectivity index (χ0n) is 10.7. The molecule has 6 heteroatoms. The quantitative estimate of drug-likeness (QED) is 0.226. The van der Waals surface area contributed by atoms with E-state index in [4.69, 9.17) is 5.26 Å². The Balaban J connectivity index is 2.22. The number of hydrogen-bond acceptors (Lipinski definition) is 4. The van der Waals surface area contributed by atoms with Gasteiger partial charge in [-0.3, -0.25) is 15.3 Å². The number of hydrogen-bond donors (Lipinski definition) is 3. The van der Waals surface area contributed by atoms with E-state index in [1.54, 1.807) is 7.05 Å². The first-order chi connectivity index (χ1) is 8.76. The van der Waals surface area contributed by atoms with E-state index < -0.39 is 0 Å². The summed E-state index contributed by atoms with van der Waals surface area (Å²) in [4.78, 5) is 8.46. The molecule has 3 N–H and O–H groups in total. The lowest BCUT2D eigenvalue weighted by Gasteiger charge is -2.04. The molecular formula is C12H18N6. The van der Waals surface area contributed by atoms with Crippen molar-refractivity contribution in [3.8, 4) is 6.19 Å². The summed E-state index contributed by atoms with van der Waals surface area (Å²) >= 11 is 0. The third-order valence-corrected chi connectivity index (χ3v) is 2.25. The molecule has 96 valence electrons. The van der Waals surface area contributed by atoms with Gasteiger partial charge in [0, 0.05) is 26.3 Å². The number of nitrogens with zero attached hydrogens (tertiary/aromatic N) is 3. The van der Waals surface area contributed by atoms with E-state index in [1.807, 2.05) is 31.4 Å². The van der Waals surface area contributed by atoms with Crippen LogP contribution in [0.15, 0.2) is 23.3 Å². The predicted molar refractivity (Wildman–Crippen MR) is 70.8 cm³/mol. The largest absolute Gasteiger partial charge is 0.359 e. The number of aryl methyl sites for hydroxylation is 1. The lowest BCUT2D eigenvalue weighted by atomic mass is 10.3. The fraction of sp³-hybridized carbons (Fsp3) is 0.417. The van der Waals surface area contributed by atoms with E-state index >= 15 is 0 Å². The molecule has 1 heterocycles. The molecule has 6 nitrogen and oxygen atoms in total. The zero-order valence-corrected chi connectivity index (χ0v) is 10.7. The molecule has 1 rings (SSSR count). The van der Waals surface area contributed by atoms with Crippen LogP contribution in [0.4, 0.5) is 0 Å². The lowest BCUT2D eigenvalue weighted by Crippen LogP contribution is -2.32. The Kier molecular flexibility index (Phi) is 6.22. The average molecular weight is 246 g/mol. The number of aromatic nitrogens is 1.